The van der Waals surface area contributed by atoms with Crippen molar-refractivity contribution in [2.24, 2.45) is 0 Å². The molecule has 19 heavy (non-hydrogen) atoms. The van der Waals surface area contributed by atoms with Gasteiger partial charge in [0.1, 0.15) is 0 Å². The normalized spacial score (nSPS) is 30.8. The van der Waals surface area contributed by atoms with E-state index in [4.69, 9.17) is 0 Å². The summed E-state index contributed by atoms with van der Waals surface area (Å²) in [7, 11) is 0. The molecule has 4 heteroatoms. The van der Waals surface area contributed by atoms with Crippen LogP contribution in [0.4, 0.5) is 0 Å². The Kier molecular flexibility index (Phi) is 4.38. The summed E-state index contributed by atoms with van der Waals surface area (Å²) in [5.74, 6) is 0.233. The lowest BCUT2D eigenvalue weighted by Crippen LogP contribution is -2.50. The molecule has 0 spiro atoms. The van der Waals surface area contributed by atoms with Gasteiger partial charge >= 0.3 is 0 Å². The van der Waals surface area contributed by atoms with Crippen LogP contribution < -0.4 is 10.6 Å². The van der Waals surface area contributed by atoms with E-state index in [-0.39, 0.29) is 11.9 Å². The molecule has 2 saturated heterocycles. The summed E-state index contributed by atoms with van der Waals surface area (Å²) in [6, 6.07) is 1.33. The van der Waals surface area contributed by atoms with Gasteiger partial charge in [0.2, 0.25) is 5.91 Å². The van der Waals surface area contributed by atoms with Gasteiger partial charge in [0.25, 0.3) is 0 Å². The van der Waals surface area contributed by atoms with Crippen LogP contribution >= 0.6 is 0 Å². The van der Waals surface area contributed by atoms with E-state index in [1.165, 1.54) is 38.8 Å². The topological polar surface area (TPSA) is 44.4 Å². The molecule has 1 saturated carbocycles. The highest BCUT2D eigenvalue weighted by atomic mass is 16.2. The van der Waals surface area contributed by atoms with Gasteiger partial charge in [-0.1, -0.05) is 12.8 Å². The molecule has 1 amide bonds. The lowest BCUT2D eigenvalue weighted by molar-refractivity contribution is -0.123. The summed E-state index contributed by atoms with van der Waals surface area (Å²) in [5.41, 5.74) is 0. The second-order valence-electron chi connectivity index (χ2n) is 6.41. The smallest absolute Gasteiger partial charge is 0.237 e. The maximum Gasteiger partial charge on any atom is 0.237 e. The quantitative estimate of drug-likeness (QED) is 0.807. The Bertz CT molecular complexity index is 301. The minimum absolute atomic E-state index is 0.0767. The first-order valence-corrected chi connectivity index (χ1v) is 8.11. The van der Waals surface area contributed by atoms with Crippen LogP contribution in [0.3, 0.4) is 0 Å². The van der Waals surface area contributed by atoms with Crippen LogP contribution in [0.1, 0.15) is 51.4 Å². The zero-order chi connectivity index (χ0) is 13.1. The highest BCUT2D eigenvalue weighted by Gasteiger charge is 2.29. The van der Waals surface area contributed by atoms with Gasteiger partial charge in [0.15, 0.2) is 0 Å². The predicted octanol–water partition coefficient (Wildman–Crippen LogP) is 1.26. The molecular weight excluding hydrogens is 238 g/mol. The highest BCUT2D eigenvalue weighted by Crippen LogP contribution is 2.26. The molecule has 1 atom stereocenters. The zero-order valence-electron chi connectivity index (χ0n) is 11.9. The number of hydrogen-bond acceptors (Lipinski definition) is 3. The maximum absolute atomic E-state index is 12.1. The highest BCUT2D eigenvalue weighted by molar-refractivity contribution is 5.82. The van der Waals surface area contributed by atoms with Crippen molar-refractivity contribution in [1.29, 1.82) is 0 Å². The van der Waals surface area contributed by atoms with Crippen LogP contribution in [0.2, 0.25) is 0 Å². The molecule has 0 unspecified atom stereocenters. The summed E-state index contributed by atoms with van der Waals surface area (Å²) in [6.45, 7) is 3.35. The molecule has 4 nitrogen and oxygen atoms in total. The molecule has 0 bridgehead atoms. The van der Waals surface area contributed by atoms with Gasteiger partial charge in [-0.05, 0) is 45.1 Å². The van der Waals surface area contributed by atoms with E-state index < -0.39 is 0 Å². The van der Waals surface area contributed by atoms with E-state index in [1.807, 2.05) is 0 Å². The van der Waals surface area contributed by atoms with Gasteiger partial charge in [0.05, 0.1) is 6.04 Å². The van der Waals surface area contributed by atoms with Gasteiger partial charge in [-0.25, -0.2) is 0 Å². The standard InChI is InChI=1S/C15H27N3O/c19-15(14-6-3-9-16-14)17-12-7-10-18(11-8-12)13-4-1-2-5-13/h12-14,16H,1-11H2,(H,17,19)/t14-/m0/s1. The molecule has 2 heterocycles. The molecule has 108 valence electrons. The lowest BCUT2D eigenvalue weighted by atomic mass is 10.0. The van der Waals surface area contributed by atoms with Crippen LogP contribution in [0.5, 0.6) is 0 Å². The van der Waals surface area contributed by atoms with E-state index in [2.05, 4.69) is 15.5 Å². The van der Waals surface area contributed by atoms with E-state index in [0.29, 0.717) is 6.04 Å². The molecule has 2 N–H and O–H groups in total. The van der Waals surface area contributed by atoms with Gasteiger partial charge in [-0.15, -0.1) is 0 Å². The number of carbonyl (C=O) groups excluding carboxylic acids is 1. The molecule has 2 aliphatic heterocycles. The van der Waals surface area contributed by atoms with E-state index in [0.717, 1.165) is 38.3 Å². The molecule has 3 fully saturated rings. The molecule has 3 aliphatic rings. The monoisotopic (exact) mass is 265 g/mol. The Morgan fingerprint density at radius 3 is 2.37 bits per heavy atom. The fourth-order valence-corrected chi connectivity index (χ4v) is 3.89. The number of amides is 1. The average Bonchev–Trinajstić information content (AvgIpc) is 3.13. The van der Waals surface area contributed by atoms with Crippen LogP contribution in [0.25, 0.3) is 0 Å². The van der Waals surface area contributed by atoms with Crippen molar-refractivity contribution in [1.82, 2.24) is 15.5 Å². The predicted molar refractivity (Wildman–Crippen MR) is 76.0 cm³/mol. The number of likely N-dealkylation sites (tertiary alicyclic amines) is 1. The van der Waals surface area contributed by atoms with Crippen molar-refractivity contribution in [3.05, 3.63) is 0 Å². The maximum atomic E-state index is 12.1. The Labute approximate surface area is 116 Å². The van der Waals surface area contributed by atoms with Gasteiger partial charge < -0.3 is 15.5 Å². The second-order valence-corrected chi connectivity index (χ2v) is 6.41. The summed E-state index contributed by atoms with van der Waals surface area (Å²) in [4.78, 5) is 14.7. The Morgan fingerprint density at radius 2 is 1.74 bits per heavy atom. The third kappa shape index (κ3) is 3.29. The average molecular weight is 265 g/mol. The Morgan fingerprint density at radius 1 is 1.00 bits per heavy atom. The van der Waals surface area contributed by atoms with Crippen molar-refractivity contribution in [2.75, 3.05) is 19.6 Å². The van der Waals surface area contributed by atoms with E-state index in [9.17, 15) is 4.79 Å². The number of hydrogen-bond donors (Lipinski definition) is 2. The summed E-state index contributed by atoms with van der Waals surface area (Å²) in [5, 5.41) is 6.52. The minimum Gasteiger partial charge on any atom is -0.352 e. The zero-order valence-corrected chi connectivity index (χ0v) is 11.9. The first kappa shape index (κ1) is 13.4. The summed E-state index contributed by atoms with van der Waals surface area (Å²) < 4.78 is 0. The van der Waals surface area contributed by atoms with Crippen LogP contribution in [-0.2, 0) is 4.79 Å². The minimum atomic E-state index is 0.0767. The van der Waals surface area contributed by atoms with E-state index >= 15 is 0 Å². The summed E-state index contributed by atoms with van der Waals surface area (Å²) >= 11 is 0. The summed E-state index contributed by atoms with van der Waals surface area (Å²) in [6.07, 6.45) is 10.0. The fraction of sp³-hybridized carbons (Fsp3) is 0.933. The number of nitrogens with zero attached hydrogens (tertiary/aromatic N) is 1. The number of nitrogens with one attached hydrogen (secondary N) is 2. The number of carbonyl (C=O) groups is 1. The molecular formula is C15H27N3O. The van der Waals surface area contributed by atoms with Crippen molar-refractivity contribution < 1.29 is 4.79 Å². The van der Waals surface area contributed by atoms with Crippen LogP contribution in [-0.4, -0.2) is 48.6 Å². The van der Waals surface area contributed by atoms with Crippen LogP contribution in [0.15, 0.2) is 0 Å². The third-order valence-corrected chi connectivity index (χ3v) is 5.09. The third-order valence-electron chi connectivity index (χ3n) is 5.09. The van der Waals surface area contributed by atoms with Gasteiger partial charge in [-0.3, -0.25) is 4.79 Å². The SMILES string of the molecule is O=C(NC1CCN(C2CCCC2)CC1)[C@@H]1CCCN1. The number of piperidine rings is 1. The molecule has 0 aromatic heterocycles. The second kappa shape index (κ2) is 6.23. The molecule has 0 aromatic carbocycles. The molecule has 3 rings (SSSR count). The van der Waals surface area contributed by atoms with Crippen LogP contribution in [0, 0.1) is 0 Å². The van der Waals surface area contributed by atoms with Gasteiger partial charge in [0, 0.05) is 25.2 Å². The molecule has 0 radical (unpaired) electrons. The van der Waals surface area contributed by atoms with E-state index in [1.54, 1.807) is 0 Å². The van der Waals surface area contributed by atoms with Crippen molar-refractivity contribution in [3.63, 3.8) is 0 Å². The van der Waals surface area contributed by atoms with Gasteiger partial charge in [-0.2, -0.15) is 0 Å². The lowest BCUT2D eigenvalue weighted by Gasteiger charge is -2.36. The number of rotatable bonds is 3. The first-order valence-electron chi connectivity index (χ1n) is 8.11. The molecule has 0 aromatic rings. The fourth-order valence-electron chi connectivity index (χ4n) is 3.89. The largest absolute Gasteiger partial charge is 0.352 e. The Hall–Kier alpha value is -0.610. The first-order chi connectivity index (χ1) is 9.33. The van der Waals surface area contributed by atoms with Crippen molar-refractivity contribution in [3.8, 4) is 0 Å². The molecule has 1 aliphatic carbocycles. The Balaban J connectivity index is 1.41. The van der Waals surface area contributed by atoms with Crippen molar-refractivity contribution in [2.45, 2.75) is 69.5 Å². The van der Waals surface area contributed by atoms with Crippen molar-refractivity contribution >= 4 is 5.91 Å².